The second-order valence-electron chi connectivity index (χ2n) is 6.43. The molecule has 22 heavy (non-hydrogen) atoms. The van der Waals surface area contributed by atoms with Gasteiger partial charge in [-0.3, -0.25) is 4.79 Å². The number of anilines is 1. The Balaban J connectivity index is 0.000000261. The fourth-order valence-corrected chi connectivity index (χ4v) is 3.08. The van der Waals surface area contributed by atoms with Crippen LogP contribution in [-0.2, 0) is 9.53 Å². The van der Waals surface area contributed by atoms with Crippen LogP contribution in [0.2, 0.25) is 0 Å². The van der Waals surface area contributed by atoms with Crippen molar-refractivity contribution in [3.8, 4) is 0 Å². The molecule has 0 aromatic heterocycles. The Kier molecular flexibility index (Phi) is 7.80. The number of esters is 1. The third-order valence-electron chi connectivity index (χ3n) is 3.23. The Morgan fingerprint density at radius 2 is 1.73 bits per heavy atom. The van der Waals surface area contributed by atoms with Crippen molar-refractivity contribution >= 4 is 23.4 Å². The zero-order valence-corrected chi connectivity index (χ0v) is 15.3. The fraction of sp³-hybridized carbons (Fsp3) is 0.611. The van der Waals surface area contributed by atoms with Gasteiger partial charge in [0.25, 0.3) is 0 Å². The quantitative estimate of drug-likeness (QED) is 0.580. The van der Waals surface area contributed by atoms with Crippen LogP contribution in [0, 0.1) is 0 Å². The minimum absolute atomic E-state index is 0.225. The van der Waals surface area contributed by atoms with Crippen molar-refractivity contribution in [2.75, 3.05) is 24.2 Å². The van der Waals surface area contributed by atoms with E-state index in [0.717, 1.165) is 0 Å². The van der Waals surface area contributed by atoms with E-state index >= 15 is 0 Å². The predicted molar refractivity (Wildman–Crippen MR) is 95.8 cm³/mol. The number of carbonyl (C=O) groups excluding carboxylic acids is 1. The third-order valence-corrected chi connectivity index (χ3v) is 4.02. The van der Waals surface area contributed by atoms with Gasteiger partial charge in [0.05, 0.1) is 5.69 Å². The first-order valence-corrected chi connectivity index (χ1v) is 9.13. The molecule has 1 aromatic carbocycles. The molecule has 0 amide bonds. The molecule has 0 unspecified atom stereocenters. The number of ether oxygens (including phenoxy) is 1. The highest BCUT2D eigenvalue weighted by molar-refractivity contribution is 7.98. The summed E-state index contributed by atoms with van der Waals surface area (Å²) in [5.41, 5.74) is 1.10. The lowest BCUT2D eigenvalue weighted by atomic mass is 10.1. The van der Waals surface area contributed by atoms with E-state index in [9.17, 15) is 4.79 Å². The van der Waals surface area contributed by atoms with Gasteiger partial charge < -0.3 is 9.64 Å². The van der Waals surface area contributed by atoms with Gasteiger partial charge in [-0.15, -0.1) is 11.8 Å². The second kappa shape index (κ2) is 9.09. The first-order chi connectivity index (χ1) is 10.3. The predicted octanol–water partition coefficient (Wildman–Crippen LogP) is 4.75. The lowest BCUT2D eigenvalue weighted by Crippen LogP contribution is -2.29. The molecule has 1 aliphatic rings. The van der Waals surface area contributed by atoms with Crippen LogP contribution in [0.5, 0.6) is 0 Å². The van der Waals surface area contributed by atoms with Gasteiger partial charge in [-0.2, -0.15) is 0 Å². The van der Waals surface area contributed by atoms with Crippen molar-refractivity contribution in [1.82, 2.24) is 0 Å². The van der Waals surface area contributed by atoms with E-state index in [1.165, 1.54) is 49.9 Å². The van der Waals surface area contributed by atoms with Crippen LogP contribution < -0.4 is 4.90 Å². The molecule has 124 valence electrons. The molecule has 1 fully saturated rings. The first kappa shape index (κ1) is 18.9. The van der Waals surface area contributed by atoms with E-state index in [0.29, 0.717) is 0 Å². The average molecular weight is 324 g/mol. The van der Waals surface area contributed by atoms with Crippen molar-refractivity contribution in [3.05, 3.63) is 24.3 Å². The molecular weight excluding hydrogens is 294 g/mol. The summed E-state index contributed by atoms with van der Waals surface area (Å²) in [6.07, 6.45) is 6.26. The largest absolute Gasteiger partial charge is 0.460 e. The number of thioether (sulfide) groups is 1. The number of nitrogens with zero attached hydrogens (tertiary/aromatic N) is 1. The number of rotatable bonds is 2. The molecule has 0 saturated carbocycles. The van der Waals surface area contributed by atoms with E-state index in [1.54, 1.807) is 0 Å². The third kappa shape index (κ3) is 7.21. The number of carbonyl (C=O) groups is 1. The Hall–Kier alpha value is -1.16. The monoisotopic (exact) mass is 323 g/mol. The average Bonchev–Trinajstić information content (AvgIpc) is 2.46. The summed E-state index contributed by atoms with van der Waals surface area (Å²) in [4.78, 5) is 14.2. The molecular formula is C18H29NO2S. The normalized spacial score (nSPS) is 14.9. The number of piperidine rings is 1. The molecule has 0 radical (unpaired) electrons. The highest BCUT2D eigenvalue weighted by Gasteiger charge is 2.13. The molecule has 1 saturated heterocycles. The summed E-state index contributed by atoms with van der Waals surface area (Å²) in [7, 11) is 0. The van der Waals surface area contributed by atoms with Gasteiger partial charge in [0.15, 0.2) is 0 Å². The zero-order valence-electron chi connectivity index (χ0n) is 14.5. The molecule has 4 heteroatoms. The summed E-state index contributed by atoms with van der Waals surface area (Å²) in [5.74, 6) is -0.225. The van der Waals surface area contributed by atoms with Crippen molar-refractivity contribution in [1.29, 1.82) is 0 Å². The number of para-hydroxylation sites is 1. The van der Waals surface area contributed by atoms with Gasteiger partial charge in [-0.25, -0.2) is 0 Å². The van der Waals surface area contributed by atoms with Crippen LogP contribution in [-0.4, -0.2) is 30.9 Å². The second-order valence-corrected chi connectivity index (χ2v) is 7.27. The minimum atomic E-state index is -0.328. The summed E-state index contributed by atoms with van der Waals surface area (Å²) >= 11 is 1.85. The lowest BCUT2D eigenvalue weighted by molar-refractivity contribution is -0.151. The Morgan fingerprint density at radius 3 is 2.18 bits per heavy atom. The van der Waals surface area contributed by atoms with Crippen molar-refractivity contribution in [3.63, 3.8) is 0 Å². The summed E-state index contributed by atoms with van der Waals surface area (Å²) in [6, 6.07) is 8.73. The summed E-state index contributed by atoms with van der Waals surface area (Å²) in [6.45, 7) is 9.40. The number of benzene rings is 1. The van der Waals surface area contributed by atoms with Crippen LogP contribution in [0.1, 0.15) is 47.0 Å². The fourth-order valence-electron chi connectivity index (χ4n) is 2.46. The molecule has 3 nitrogen and oxygen atoms in total. The van der Waals surface area contributed by atoms with Crippen LogP contribution in [0.4, 0.5) is 5.69 Å². The Labute approximate surface area is 139 Å². The Morgan fingerprint density at radius 1 is 1.14 bits per heavy atom. The molecule has 0 aliphatic carbocycles. The van der Waals surface area contributed by atoms with Crippen LogP contribution in [0.3, 0.4) is 0 Å². The maximum atomic E-state index is 10.2. The maximum Gasteiger partial charge on any atom is 0.303 e. The molecule has 0 N–H and O–H groups in total. The van der Waals surface area contributed by atoms with Crippen molar-refractivity contribution in [2.45, 2.75) is 57.5 Å². The summed E-state index contributed by atoms with van der Waals surface area (Å²) in [5, 5.41) is 0. The van der Waals surface area contributed by atoms with Gasteiger partial charge in [-0.1, -0.05) is 12.1 Å². The van der Waals surface area contributed by atoms with Gasteiger partial charge in [0.1, 0.15) is 5.60 Å². The van der Waals surface area contributed by atoms with Crippen molar-refractivity contribution < 1.29 is 9.53 Å². The highest BCUT2D eigenvalue weighted by atomic mass is 32.2. The SMILES string of the molecule is CC(=O)OC(C)(C)C.CSc1ccccc1N1CCCCC1. The van der Waals surface area contributed by atoms with Crippen LogP contribution in [0.25, 0.3) is 0 Å². The molecule has 1 aromatic rings. The van der Waals surface area contributed by atoms with E-state index in [1.807, 2.05) is 32.5 Å². The van der Waals surface area contributed by atoms with Gasteiger partial charge in [0.2, 0.25) is 0 Å². The van der Waals surface area contributed by atoms with Crippen LogP contribution >= 0.6 is 11.8 Å². The van der Waals surface area contributed by atoms with E-state index < -0.39 is 0 Å². The molecule has 1 heterocycles. The summed E-state index contributed by atoms with van der Waals surface area (Å²) < 4.78 is 4.80. The molecule has 0 spiro atoms. The van der Waals surface area contributed by atoms with Crippen LogP contribution in [0.15, 0.2) is 29.2 Å². The van der Waals surface area contributed by atoms with E-state index in [4.69, 9.17) is 4.74 Å². The van der Waals surface area contributed by atoms with Crippen molar-refractivity contribution in [2.24, 2.45) is 0 Å². The zero-order chi connectivity index (χ0) is 16.6. The molecule has 2 rings (SSSR count). The number of hydrogen-bond donors (Lipinski definition) is 0. The smallest absolute Gasteiger partial charge is 0.303 e. The topological polar surface area (TPSA) is 29.5 Å². The first-order valence-electron chi connectivity index (χ1n) is 7.91. The number of hydrogen-bond acceptors (Lipinski definition) is 4. The van der Waals surface area contributed by atoms with E-state index in [-0.39, 0.29) is 11.6 Å². The van der Waals surface area contributed by atoms with Gasteiger partial charge in [0, 0.05) is 24.9 Å². The van der Waals surface area contributed by atoms with E-state index in [2.05, 4.69) is 35.4 Å². The lowest BCUT2D eigenvalue weighted by Gasteiger charge is -2.30. The highest BCUT2D eigenvalue weighted by Crippen LogP contribution is 2.30. The molecule has 0 bridgehead atoms. The van der Waals surface area contributed by atoms with Gasteiger partial charge >= 0.3 is 5.97 Å². The molecule has 0 atom stereocenters. The Bertz CT molecular complexity index is 462. The maximum absolute atomic E-state index is 10.2. The standard InChI is InChI=1S/C12H17NS.C6H12O2/c1-14-12-8-4-3-7-11(12)13-9-5-2-6-10-13;1-5(7)8-6(2,3)4/h3-4,7-8H,2,5-6,9-10H2,1H3;1-4H3. The minimum Gasteiger partial charge on any atom is -0.460 e. The van der Waals surface area contributed by atoms with Gasteiger partial charge in [-0.05, 0) is 58.4 Å². The molecule has 1 aliphatic heterocycles.